The third-order valence-corrected chi connectivity index (χ3v) is 6.05. The summed E-state index contributed by atoms with van der Waals surface area (Å²) in [6.45, 7) is 2.01. The number of likely N-dealkylation sites (tertiary alicyclic amines) is 1. The van der Waals surface area contributed by atoms with Crippen molar-refractivity contribution < 1.29 is 14.3 Å². The van der Waals surface area contributed by atoms with Crippen molar-refractivity contribution in [3.05, 3.63) is 47.9 Å². The van der Waals surface area contributed by atoms with E-state index in [2.05, 4.69) is 21.8 Å². The molecule has 0 spiro atoms. The van der Waals surface area contributed by atoms with E-state index in [1.165, 1.54) is 6.33 Å². The Bertz CT molecular complexity index is 1310. The van der Waals surface area contributed by atoms with E-state index in [0.717, 1.165) is 24.9 Å². The summed E-state index contributed by atoms with van der Waals surface area (Å²) in [4.78, 5) is 25.0. The maximum absolute atomic E-state index is 12.5. The van der Waals surface area contributed by atoms with Crippen LogP contribution in [0.2, 0.25) is 0 Å². The molecule has 1 amide bonds. The van der Waals surface area contributed by atoms with Gasteiger partial charge in [0.2, 0.25) is 5.91 Å². The zero-order chi connectivity index (χ0) is 25.7. The molecule has 1 aromatic carbocycles. The van der Waals surface area contributed by atoms with Crippen molar-refractivity contribution in [2.24, 2.45) is 0 Å². The van der Waals surface area contributed by atoms with Gasteiger partial charge in [0.05, 0.1) is 25.6 Å². The fourth-order valence-electron chi connectivity index (χ4n) is 4.15. The predicted octanol–water partition coefficient (Wildman–Crippen LogP) is 2.11. The van der Waals surface area contributed by atoms with Gasteiger partial charge in [0.25, 0.3) is 0 Å². The van der Waals surface area contributed by atoms with E-state index in [9.17, 15) is 4.79 Å². The number of rotatable bonds is 6. The van der Waals surface area contributed by atoms with Crippen LogP contribution in [-0.4, -0.2) is 83.4 Å². The number of likely N-dealkylation sites (N-methyl/N-ethyl adjacent to an activating group) is 1. The molecule has 3 heterocycles. The van der Waals surface area contributed by atoms with Crippen LogP contribution in [0.3, 0.4) is 0 Å². The van der Waals surface area contributed by atoms with Crippen molar-refractivity contribution in [3.8, 4) is 23.3 Å². The summed E-state index contributed by atoms with van der Waals surface area (Å²) in [7, 11) is 7.13. The van der Waals surface area contributed by atoms with Gasteiger partial charge in [0.1, 0.15) is 29.3 Å². The number of ether oxygens (including phenoxy) is 2. The summed E-state index contributed by atoms with van der Waals surface area (Å²) in [6.07, 6.45) is 6.49. The van der Waals surface area contributed by atoms with E-state index < -0.39 is 0 Å². The summed E-state index contributed by atoms with van der Waals surface area (Å²) in [5.41, 5.74) is 8.09. The van der Waals surface area contributed by atoms with Crippen LogP contribution < -0.4 is 15.2 Å². The Balaban J connectivity index is 1.58. The second-order valence-corrected chi connectivity index (χ2v) is 8.82. The Labute approximate surface area is 210 Å². The van der Waals surface area contributed by atoms with Crippen LogP contribution in [0.5, 0.6) is 11.5 Å². The first kappa shape index (κ1) is 25.0. The van der Waals surface area contributed by atoms with E-state index >= 15 is 0 Å². The number of aromatic nitrogens is 4. The number of piperidine rings is 1. The van der Waals surface area contributed by atoms with Gasteiger partial charge >= 0.3 is 0 Å². The lowest BCUT2D eigenvalue weighted by molar-refractivity contribution is -0.127. The number of carbonyl (C=O) groups excluding carboxylic acids is 1. The number of nitrogens with two attached hydrogens (primary N) is 1. The number of nitrogen functional groups attached to an aromatic ring is 1. The molecule has 10 nitrogen and oxygen atoms in total. The van der Waals surface area contributed by atoms with Gasteiger partial charge in [-0.3, -0.25) is 4.79 Å². The molecule has 36 heavy (non-hydrogen) atoms. The fraction of sp³-hybridized carbons (Fsp3) is 0.385. The standard InChI is InChI=1S/C26H31N7O3/c1-31(2)11-5-6-23(34)32-12-9-19(10-13-32)33-26-24(25(27)28-17-29-26)22(30-33)8-7-18-14-20(35-3)16-21(15-18)36-4/h5-6,14-17,19H,9-13H2,1-4H3,(H2,27,28,29)/b6-5+. The SMILES string of the molecule is COc1cc(C#Cc2nn(C3CCN(C(=O)/C=C/CN(C)C)CC3)c3ncnc(N)c23)cc(OC)c1. The first-order valence-corrected chi connectivity index (χ1v) is 11.7. The van der Waals surface area contributed by atoms with Gasteiger partial charge in [-0.15, -0.1) is 0 Å². The topological polar surface area (TPSA) is 112 Å². The van der Waals surface area contributed by atoms with E-state index in [4.69, 9.17) is 20.3 Å². The van der Waals surface area contributed by atoms with Crippen molar-refractivity contribution in [1.29, 1.82) is 0 Å². The zero-order valence-corrected chi connectivity index (χ0v) is 21.1. The van der Waals surface area contributed by atoms with Gasteiger partial charge in [-0.1, -0.05) is 12.0 Å². The van der Waals surface area contributed by atoms with Crippen molar-refractivity contribution in [1.82, 2.24) is 29.5 Å². The lowest BCUT2D eigenvalue weighted by Gasteiger charge is -2.31. The lowest BCUT2D eigenvalue weighted by Crippen LogP contribution is -2.38. The number of amides is 1. The monoisotopic (exact) mass is 489 g/mol. The fourth-order valence-corrected chi connectivity index (χ4v) is 4.15. The van der Waals surface area contributed by atoms with E-state index in [0.29, 0.717) is 47.1 Å². The van der Waals surface area contributed by atoms with E-state index in [-0.39, 0.29) is 11.9 Å². The van der Waals surface area contributed by atoms with Crippen LogP contribution in [0.15, 0.2) is 36.7 Å². The average Bonchev–Trinajstić information content (AvgIpc) is 3.27. The molecule has 2 N–H and O–H groups in total. The Morgan fingerprint density at radius 2 is 1.83 bits per heavy atom. The summed E-state index contributed by atoms with van der Waals surface area (Å²) in [6, 6.07) is 5.52. The molecule has 3 aromatic rings. The third kappa shape index (κ3) is 5.58. The smallest absolute Gasteiger partial charge is 0.246 e. The molecule has 0 atom stereocenters. The number of benzene rings is 1. The summed E-state index contributed by atoms with van der Waals surface area (Å²) >= 11 is 0. The highest BCUT2D eigenvalue weighted by Crippen LogP contribution is 2.29. The molecular weight excluding hydrogens is 458 g/mol. The molecular formula is C26H31N7O3. The lowest BCUT2D eigenvalue weighted by atomic mass is 10.1. The zero-order valence-electron chi connectivity index (χ0n) is 21.1. The van der Waals surface area contributed by atoms with Gasteiger partial charge in [-0.2, -0.15) is 5.10 Å². The van der Waals surface area contributed by atoms with Crippen molar-refractivity contribution in [3.63, 3.8) is 0 Å². The second-order valence-electron chi connectivity index (χ2n) is 8.82. The molecule has 0 bridgehead atoms. The molecule has 0 aliphatic carbocycles. The van der Waals surface area contributed by atoms with Crippen molar-refractivity contribution in [2.45, 2.75) is 18.9 Å². The Morgan fingerprint density at radius 1 is 1.14 bits per heavy atom. The van der Waals surface area contributed by atoms with Gasteiger partial charge in [-0.25, -0.2) is 14.6 Å². The van der Waals surface area contributed by atoms with E-state index in [1.807, 2.05) is 46.8 Å². The second kappa shape index (κ2) is 11.1. The first-order chi connectivity index (χ1) is 17.4. The number of anilines is 1. The minimum absolute atomic E-state index is 0.0347. The molecule has 0 unspecified atom stereocenters. The van der Waals surface area contributed by atoms with Crippen LogP contribution >= 0.6 is 0 Å². The quantitative estimate of drug-likeness (QED) is 0.414. The molecule has 1 saturated heterocycles. The first-order valence-electron chi connectivity index (χ1n) is 11.7. The molecule has 0 saturated carbocycles. The Kier molecular flexibility index (Phi) is 7.71. The highest BCUT2D eigenvalue weighted by atomic mass is 16.5. The van der Waals surface area contributed by atoms with Crippen LogP contribution in [0.4, 0.5) is 5.82 Å². The average molecular weight is 490 g/mol. The predicted molar refractivity (Wildman–Crippen MR) is 138 cm³/mol. The number of nitrogens with zero attached hydrogens (tertiary/aromatic N) is 6. The summed E-state index contributed by atoms with van der Waals surface area (Å²) < 4.78 is 12.6. The highest BCUT2D eigenvalue weighted by Gasteiger charge is 2.26. The summed E-state index contributed by atoms with van der Waals surface area (Å²) in [5, 5.41) is 5.42. The molecule has 1 aliphatic rings. The Morgan fingerprint density at radius 3 is 2.47 bits per heavy atom. The van der Waals surface area contributed by atoms with Crippen LogP contribution in [0.1, 0.15) is 30.1 Å². The third-order valence-electron chi connectivity index (χ3n) is 6.05. The van der Waals surface area contributed by atoms with Crippen LogP contribution in [0, 0.1) is 11.8 Å². The molecule has 188 valence electrons. The molecule has 0 radical (unpaired) electrons. The van der Waals surface area contributed by atoms with E-state index in [1.54, 1.807) is 26.4 Å². The van der Waals surface area contributed by atoms with Crippen LogP contribution in [0.25, 0.3) is 11.0 Å². The minimum Gasteiger partial charge on any atom is -0.497 e. The van der Waals surface area contributed by atoms with Gasteiger partial charge < -0.3 is 25.0 Å². The summed E-state index contributed by atoms with van der Waals surface area (Å²) in [5.74, 6) is 7.93. The molecule has 4 rings (SSSR count). The normalized spacial score (nSPS) is 14.3. The minimum atomic E-state index is 0.0347. The number of carbonyl (C=O) groups is 1. The van der Waals surface area contributed by atoms with Gasteiger partial charge in [-0.05, 0) is 45.0 Å². The maximum Gasteiger partial charge on any atom is 0.246 e. The molecule has 1 aliphatic heterocycles. The van der Waals surface area contributed by atoms with Gasteiger partial charge in [0, 0.05) is 37.3 Å². The van der Waals surface area contributed by atoms with Crippen molar-refractivity contribution >= 4 is 22.8 Å². The number of fused-ring (bicyclic) bond motifs is 1. The maximum atomic E-state index is 12.5. The molecule has 2 aromatic heterocycles. The number of hydrogen-bond acceptors (Lipinski definition) is 8. The Hall–Kier alpha value is -4.10. The number of methoxy groups -OCH3 is 2. The van der Waals surface area contributed by atoms with Crippen LogP contribution in [-0.2, 0) is 4.79 Å². The van der Waals surface area contributed by atoms with Gasteiger partial charge in [0.15, 0.2) is 5.65 Å². The van der Waals surface area contributed by atoms with Crippen molar-refractivity contribution in [2.75, 3.05) is 53.7 Å². The largest absolute Gasteiger partial charge is 0.497 e. The molecule has 1 fully saturated rings. The highest BCUT2D eigenvalue weighted by molar-refractivity contribution is 5.90. The molecule has 10 heteroatoms. The number of hydrogen-bond donors (Lipinski definition) is 1.